The molecule has 468 valence electrons. The zero-order valence-electron chi connectivity index (χ0n) is 49.8. The van der Waals surface area contributed by atoms with E-state index in [1.165, 1.54) is 0 Å². The van der Waals surface area contributed by atoms with Gasteiger partial charge in [0.15, 0.2) is 22.4 Å². The van der Waals surface area contributed by atoms with Crippen LogP contribution in [0.5, 0.6) is 0 Å². The van der Waals surface area contributed by atoms with E-state index in [0.29, 0.717) is 68.3 Å². The van der Waals surface area contributed by atoms with E-state index in [9.17, 15) is 19.2 Å². The highest BCUT2D eigenvalue weighted by Crippen LogP contribution is 2.56. The first-order valence-electron chi connectivity index (χ1n) is 29.6. The number of nitrogens with zero attached hydrogens (tertiary/aromatic N) is 4. The average molecular weight is 1310 g/mol. The van der Waals surface area contributed by atoms with E-state index in [0.717, 1.165) is 75.8 Å². The van der Waals surface area contributed by atoms with Crippen molar-refractivity contribution in [3.8, 4) is 0 Å². The van der Waals surface area contributed by atoms with Crippen LogP contribution in [0.3, 0.4) is 0 Å². The van der Waals surface area contributed by atoms with Crippen LogP contribution >= 0.6 is 71.2 Å². The van der Waals surface area contributed by atoms with Gasteiger partial charge in [0.2, 0.25) is 0 Å². The Morgan fingerprint density at radius 2 is 0.782 bits per heavy atom. The number of piperidine rings is 4. The van der Waals surface area contributed by atoms with Crippen LogP contribution in [0.4, 0.5) is 0 Å². The summed E-state index contributed by atoms with van der Waals surface area (Å²) in [6, 6.07) is 48.9. The zero-order chi connectivity index (χ0) is 59.5. The quantitative estimate of drug-likeness (QED) is 0.0857. The Hall–Kier alpha value is -5.26. The summed E-state index contributed by atoms with van der Waals surface area (Å²) in [4.78, 5) is 62.9. The Morgan fingerprint density at radius 3 is 1.10 bits per heavy atom. The number of hydrogen-bond donors (Lipinski definition) is 0. The van der Waals surface area contributed by atoms with Crippen molar-refractivity contribution in [1.29, 1.82) is 0 Å². The van der Waals surface area contributed by atoms with Gasteiger partial charge in [-0.2, -0.15) is 0 Å². The van der Waals surface area contributed by atoms with Gasteiger partial charge in [0, 0.05) is 63.0 Å². The molecule has 6 aromatic carbocycles. The zero-order valence-corrected chi connectivity index (χ0v) is 54.4. The summed E-state index contributed by atoms with van der Waals surface area (Å²) in [7, 11) is 0. The van der Waals surface area contributed by atoms with E-state index in [-0.39, 0.29) is 92.4 Å². The summed E-state index contributed by atoms with van der Waals surface area (Å²) >= 11 is 26.2. The van der Waals surface area contributed by atoms with E-state index in [1.54, 1.807) is 38.1 Å². The van der Waals surface area contributed by atoms with Crippen LogP contribution in [-0.4, -0.2) is 114 Å². The number of rotatable bonds is 16. The lowest BCUT2D eigenvalue weighted by molar-refractivity contribution is -0.279. The number of benzene rings is 6. The van der Waals surface area contributed by atoms with E-state index in [2.05, 4.69) is 23.6 Å². The largest absolute Gasteiger partial charge is 0.451 e. The second-order valence-corrected chi connectivity index (χ2v) is 23.7. The number of hydrogen-bond acceptors (Lipinski definition) is 10. The Labute approximate surface area is 545 Å². The molecule has 0 aliphatic carbocycles. The smallest absolute Gasteiger partial charge is 0.306 e. The number of likely N-dealkylation sites (tertiary alicyclic amines) is 4. The topological polar surface area (TPSA) is 150 Å². The molecule has 4 aliphatic heterocycles. The first-order valence-corrected chi connectivity index (χ1v) is 31.2. The van der Waals surface area contributed by atoms with Gasteiger partial charge in [-0.25, -0.2) is 0 Å². The number of halogens is 6. The van der Waals surface area contributed by atoms with Gasteiger partial charge in [0.25, 0.3) is 11.8 Å². The van der Waals surface area contributed by atoms with Crippen molar-refractivity contribution in [2.45, 2.75) is 127 Å². The third-order valence-corrected chi connectivity index (χ3v) is 18.7. The minimum absolute atomic E-state index is 0. The van der Waals surface area contributed by atoms with E-state index in [4.69, 9.17) is 65.4 Å². The lowest BCUT2D eigenvalue weighted by Crippen LogP contribution is -2.66. The first-order chi connectivity index (χ1) is 40.7. The molecule has 0 aromatic heterocycles. The maximum absolute atomic E-state index is 14.0. The standard InChI is InChI=1S/2C34H38Cl2N2O4.2ClH.H2O/c2*1-3-31(39)42-33(26-15-9-6-10-16-26)20-22-38(32(40)25-13-7-5-8-14-25)24-34(33,27-18-19-28(35)29(36)23-27)41-30-17-11-12-21-37(30)4-2;;;/h2*5-10,13-16,18-19,23,30H,3-4,11-12,17,20-22,24H2,1-2H3;2*1H;1H2. The molecule has 10 rings (SSSR count). The molecule has 4 heterocycles. The van der Waals surface area contributed by atoms with Gasteiger partial charge in [0.05, 0.1) is 33.2 Å². The maximum atomic E-state index is 14.0. The first kappa shape index (κ1) is 70.8. The summed E-state index contributed by atoms with van der Waals surface area (Å²) < 4.78 is 28.0. The fourth-order valence-corrected chi connectivity index (χ4v) is 13.4. The molecule has 6 atom stereocenters. The fourth-order valence-electron chi connectivity index (χ4n) is 12.8. The van der Waals surface area contributed by atoms with Crippen LogP contribution in [0.25, 0.3) is 0 Å². The third kappa shape index (κ3) is 15.0. The summed E-state index contributed by atoms with van der Waals surface area (Å²) in [5.41, 5.74) is -0.888. The maximum Gasteiger partial charge on any atom is 0.306 e. The molecule has 2 amide bonds. The molecule has 0 spiro atoms. The van der Waals surface area contributed by atoms with Gasteiger partial charge >= 0.3 is 11.9 Å². The van der Waals surface area contributed by atoms with Crippen molar-refractivity contribution in [1.82, 2.24) is 19.6 Å². The molecule has 4 saturated heterocycles. The highest BCUT2D eigenvalue weighted by atomic mass is 35.5. The Kier molecular flexibility index (Phi) is 26.0. The normalized spacial score (nSPS) is 23.9. The molecule has 87 heavy (non-hydrogen) atoms. The van der Waals surface area contributed by atoms with Crippen LogP contribution < -0.4 is 0 Å². The molecule has 6 aromatic rings. The van der Waals surface area contributed by atoms with Crippen molar-refractivity contribution >= 4 is 95.0 Å². The molecule has 4 fully saturated rings. The molecule has 0 saturated carbocycles. The number of carbonyl (C=O) groups is 4. The highest BCUT2D eigenvalue weighted by Gasteiger charge is 2.64. The van der Waals surface area contributed by atoms with Crippen molar-refractivity contribution in [3.05, 3.63) is 211 Å². The van der Waals surface area contributed by atoms with Gasteiger partial charge in [-0.15, -0.1) is 24.8 Å². The molecule has 6 unspecified atom stereocenters. The molecule has 13 nitrogen and oxygen atoms in total. The van der Waals surface area contributed by atoms with E-state index in [1.807, 2.05) is 143 Å². The van der Waals surface area contributed by atoms with Crippen LogP contribution in [0.15, 0.2) is 158 Å². The predicted molar refractivity (Wildman–Crippen MR) is 349 cm³/mol. The lowest BCUT2D eigenvalue weighted by Gasteiger charge is -2.57. The van der Waals surface area contributed by atoms with Crippen molar-refractivity contribution in [3.63, 3.8) is 0 Å². The summed E-state index contributed by atoms with van der Waals surface area (Å²) in [5, 5.41) is 1.55. The lowest BCUT2D eigenvalue weighted by atomic mass is 9.68. The predicted octanol–water partition coefficient (Wildman–Crippen LogP) is 14.9. The van der Waals surface area contributed by atoms with Crippen molar-refractivity contribution < 1.29 is 43.6 Å². The molecule has 4 aliphatic rings. The number of carbonyl (C=O) groups excluding carboxylic acids is 4. The van der Waals surface area contributed by atoms with Gasteiger partial charge in [-0.1, -0.05) is 183 Å². The third-order valence-electron chi connectivity index (χ3n) is 17.2. The minimum atomic E-state index is -1.30. The van der Waals surface area contributed by atoms with Gasteiger partial charge in [-0.05, 0) is 122 Å². The second-order valence-electron chi connectivity index (χ2n) is 22.0. The van der Waals surface area contributed by atoms with Gasteiger partial charge in [0.1, 0.15) is 12.5 Å². The van der Waals surface area contributed by atoms with Crippen LogP contribution in [0.2, 0.25) is 20.1 Å². The minimum Gasteiger partial charge on any atom is -0.451 e. The number of esters is 2. The SMILES string of the molecule is CCC(=O)OC1(c2ccccc2)CCN(C(=O)c2ccccc2)CC1(OC1CCCCN1CC)c1ccc(Cl)c(Cl)c1.CCC(=O)OC1(c2ccccc2)CCN(C(=O)c2ccccc2)CC1(OC1CCCCN1CC)c1ccc(Cl)c(Cl)c1.Cl.Cl.O. The van der Waals surface area contributed by atoms with Crippen molar-refractivity contribution in [2.75, 3.05) is 52.4 Å². The molecular weight excluding hydrogens is 1230 g/mol. The number of amides is 2. The monoisotopic (exact) mass is 1310 g/mol. The molecular formula is C68H80Cl6N4O9. The molecule has 0 radical (unpaired) electrons. The van der Waals surface area contributed by atoms with Crippen LogP contribution in [0, 0.1) is 0 Å². The van der Waals surface area contributed by atoms with Crippen LogP contribution in [0.1, 0.15) is 135 Å². The Balaban J connectivity index is 0.000000269. The van der Waals surface area contributed by atoms with Crippen molar-refractivity contribution in [2.24, 2.45) is 0 Å². The summed E-state index contributed by atoms with van der Waals surface area (Å²) in [5.74, 6) is -0.900. The van der Waals surface area contributed by atoms with Crippen LogP contribution in [-0.2, 0) is 50.9 Å². The fraction of sp³-hybridized carbons (Fsp3) is 0.412. The Bertz CT molecular complexity index is 3000. The molecule has 2 N–H and O–H groups in total. The highest BCUT2D eigenvalue weighted by molar-refractivity contribution is 6.42. The summed E-state index contributed by atoms with van der Waals surface area (Å²) in [6.45, 7) is 12.3. The second kappa shape index (κ2) is 32.0. The number of ether oxygens (including phenoxy) is 4. The van der Waals surface area contributed by atoms with Gasteiger partial charge in [-0.3, -0.25) is 29.0 Å². The molecule has 19 heteroatoms. The summed E-state index contributed by atoms with van der Waals surface area (Å²) in [6.07, 6.45) is 6.37. The average Bonchev–Trinajstić information content (AvgIpc) is 0.758. The van der Waals surface area contributed by atoms with E-state index >= 15 is 0 Å². The molecule has 0 bridgehead atoms. The van der Waals surface area contributed by atoms with Gasteiger partial charge < -0.3 is 34.2 Å². The van der Waals surface area contributed by atoms with E-state index < -0.39 is 22.4 Å². The Morgan fingerprint density at radius 1 is 0.437 bits per heavy atom.